The molecule has 28 heavy (non-hydrogen) atoms. The molecule has 0 saturated heterocycles. The summed E-state index contributed by atoms with van der Waals surface area (Å²) in [7, 11) is 0. The summed E-state index contributed by atoms with van der Waals surface area (Å²) in [6.45, 7) is 0. The monoisotopic (exact) mass is 382 g/mol. The quantitative estimate of drug-likeness (QED) is 0.770. The van der Waals surface area contributed by atoms with E-state index >= 15 is 0 Å². The molecule has 0 aliphatic heterocycles. The van der Waals surface area contributed by atoms with Gasteiger partial charge in [-0.2, -0.15) is 0 Å². The molecule has 0 bridgehead atoms. The molecule has 2 aromatic carbocycles. The van der Waals surface area contributed by atoms with Crippen molar-refractivity contribution < 1.29 is 29.3 Å². The fourth-order valence-electron chi connectivity index (χ4n) is 3.96. The van der Waals surface area contributed by atoms with Gasteiger partial charge in [-0.25, -0.2) is 9.59 Å². The first kappa shape index (κ1) is 18.7. The lowest BCUT2D eigenvalue weighted by atomic mass is 10.1. The van der Waals surface area contributed by atoms with Gasteiger partial charge in [-0.1, -0.05) is 48.5 Å². The zero-order chi connectivity index (χ0) is 19.7. The zero-order valence-corrected chi connectivity index (χ0v) is 15.3. The molecule has 2 N–H and O–H groups in total. The normalized spacial score (nSPS) is 22.1. The van der Waals surface area contributed by atoms with E-state index in [4.69, 9.17) is 9.47 Å². The Morgan fingerprint density at radius 2 is 1.14 bits per heavy atom. The Morgan fingerprint density at radius 3 is 1.57 bits per heavy atom. The molecule has 2 aliphatic carbocycles. The van der Waals surface area contributed by atoms with Gasteiger partial charge in [0.25, 0.3) is 0 Å². The van der Waals surface area contributed by atoms with E-state index in [2.05, 4.69) is 0 Å². The maximum Gasteiger partial charge on any atom is 0.338 e. The van der Waals surface area contributed by atoms with E-state index in [9.17, 15) is 19.8 Å². The molecule has 4 rings (SSSR count). The van der Waals surface area contributed by atoms with Crippen molar-refractivity contribution in [1.82, 2.24) is 0 Å². The second-order valence-corrected chi connectivity index (χ2v) is 7.22. The third-order valence-corrected chi connectivity index (χ3v) is 5.45. The molecule has 0 radical (unpaired) electrons. The zero-order valence-electron chi connectivity index (χ0n) is 15.3. The number of rotatable bonds is 5. The predicted octanol–water partition coefficient (Wildman–Crippen LogP) is 2.17. The van der Waals surface area contributed by atoms with Gasteiger partial charge in [-0.15, -0.1) is 0 Å². The third-order valence-electron chi connectivity index (χ3n) is 5.45. The SMILES string of the molecule is O=C(OC1CCc2ccccc21)C(O)C(O)C(=O)OC1CCc2ccccc21. The van der Waals surface area contributed by atoms with Crippen LogP contribution in [-0.4, -0.2) is 34.4 Å². The Kier molecular flexibility index (Phi) is 5.15. The van der Waals surface area contributed by atoms with Gasteiger partial charge in [0.05, 0.1) is 0 Å². The van der Waals surface area contributed by atoms with E-state index in [0.29, 0.717) is 12.8 Å². The Balaban J connectivity index is 1.36. The van der Waals surface area contributed by atoms with Crippen molar-refractivity contribution in [3.8, 4) is 0 Å². The molecule has 6 heteroatoms. The molecule has 6 nitrogen and oxygen atoms in total. The molecule has 0 heterocycles. The highest BCUT2D eigenvalue weighted by atomic mass is 16.6. The largest absolute Gasteiger partial charge is 0.455 e. The van der Waals surface area contributed by atoms with E-state index in [1.807, 2.05) is 48.5 Å². The number of aliphatic hydroxyl groups is 2. The number of carbonyl (C=O) groups is 2. The highest BCUT2D eigenvalue weighted by molar-refractivity contribution is 5.85. The molecular weight excluding hydrogens is 360 g/mol. The Labute approximate surface area is 162 Å². The number of hydrogen-bond donors (Lipinski definition) is 2. The smallest absolute Gasteiger partial charge is 0.338 e. The summed E-state index contributed by atoms with van der Waals surface area (Å²) < 4.78 is 10.7. The van der Waals surface area contributed by atoms with Crippen LogP contribution in [0.2, 0.25) is 0 Å². The first-order valence-corrected chi connectivity index (χ1v) is 9.47. The highest BCUT2D eigenvalue weighted by Gasteiger charge is 2.37. The van der Waals surface area contributed by atoms with Crippen LogP contribution in [0.15, 0.2) is 48.5 Å². The van der Waals surface area contributed by atoms with Gasteiger partial charge in [-0.05, 0) is 47.9 Å². The van der Waals surface area contributed by atoms with Gasteiger partial charge in [0, 0.05) is 0 Å². The number of esters is 2. The molecule has 0 spiro atoms. The Bertz CT molecular complexity index is 819. The van der Waals surface area contributed by atoms with Crippen LogP contribution in [-0.2, 0) is 31.9 Å². The molecule has 2 aromatic rings. The van der Waals surface area contributed by atoms with Crippen molar-refractivity contribution in [1.29, 1.82) is 0 Å². The third kappa shape index (κ3) is 3.53. The van der Waals surface area contributed by atoms with E-state index in [1.165, 1.54) is 0 Å². The fraction of sp³-hybridized carbons (Fsp3) is 0.364. The highest BCUT2D eigenvalue weighted by Crippen LogP contribution is 2.35. The molecule has 0 amide bonds. The average Bonchev–Trinajstić information content (AvgIpc) is 3.31. The molecular formula is C22H22O6. The minimum absolute atomic E-state index is 0.483. The van der Waals surface area contributed by atoms with Gasteiger partial charge in [0.15, 0.2) is 12.2 Å². The van der Waals surface area contributed by atoms with Crippen molar-refractivity contribution in [3.63, 3.8) is 0 Å². The van der Waals surface area contributed by atoms with Crippen LogP contribution in [0.4, 0.5) is 0 Å². The number of benzene rings is 2. The Morgan fingerprint density at radius 1 is 0.750 bits per heavy atom. The predicted molar refractivity (Wildman–Crippen MR) is 99.2 cm³/mol. The number of carbonyl (C=O) groups excluding carboxylic acids is 2. The molecule has 0 saturated carbocycles. The van der Waals surface area contributed by atoms with Crippen LogP contribution in [0.25, 0.3) is 0 Å². The summed E-state index contributed by atoms with van der Waals surface area (Å²) >= 11 is 0. The molecule has 4 unspecified atom stereocenters. The summed E-state index contributed by atoms with van der Waals surface area (Å²) in [5.41, 5.74) is 3.97. The van der Waals surface area contributed by atoms with Crippen molar-refractivity contribution >= 4 is 11.9 Å². The number of hydrogen-bond acceptors (Lipinski definition) is 6. The van der Waals surface area contributed by atoms with Gasteiger partial charge in [-0.3, -0.25) is 0 Å². The van der Waals surface area contributed by atoms with Gasteiger partial charge in [0.1, 0.15) is 12.2 Å². The lowest BCUT2D eigenvalue weighted by Gasteiger charge is -2.21. The minimum Gasteiger partial charge on any atom is -0.455 e. The van der Waals surface area contributed by atoms with Gasteiger partial charge >= 0.3 is 11.9 Å². The lowest BCUT2D eigenvalue weighted by Crippen LogP contribution is -2.42. The van der Waals surface area contributed by atoms with E-state index in [-0.39, 0.29) is 0 Å². The van der Waals surface area contributed by atoms with Crippen LogP contribution >= 0.6 is 0 Å². The summed E-state index contributed by atoms with van der Waals surface area (Å²) in [5, 5.41) is 20.2. The van der Waals surface area contributed by atoms with E-state index in [0.717, 1.165) is 35.1 Å². The van der Waals surface area contributed by atoms with Crippen LogP contribution in [0.1, 0.15) is 47.3 Å². The summed E-state index contributed by atoms with van der Waals surface area (Å²) in [6.07, 6.45) is -2.18. The summed E-state index contributed by atoms with van der Waals surface area (Å²) in [4.78, 5) is 24.5. The van der Waals surface area contributed by atoms with Crippen molar-refractivity contribution in [2.75, 3.05) is 0 Å². The molecule has 0 fully saturated rings. The standard InChI is InChI=1S/C22H22O6/c23-19(21(25)27-17-11-9-13-5-1-3-7-15(13)17)20(24)22(26)28-18-12-10-14-6-2-4-8-16(14)18/h1-8,17-20,23-24H,9-12H2. The maximum absolute atomic E-state index is 12.3. The molecule has 2 aliphatic rings. The first-order chi connectivity index (χ1) is 13.5. The van der Waals surface area contributed by atoms with Gasteiger partial charge < -0.3 is 19.7 Å². The Hall–Kier alpha value is -2.70. The average molecular weight is 382 g/mol. The minimum atomic E-state index is -1.99. The molecule has 0 aromatic heterocycles. The van der Waals surface area contributed by atoms with Crippen molar-refractivity contribution in [2.24, 2.45) is 0 Å². The second kappa shape index (κ2) is 7.73. The number of aliphatic hydroxyl groups excluding tert-OH is 2. The van der Waals surface area contributed by atoms with Gasteiger partial charge in [0.2, 0.25) is 0 Å². The second-order valence-electron chi connectivity index (χ2n) is 7.22. The summed E-state index contributed by atoms with van der Waals surface area (Å²) in [6, 6.07) is 15.2. The number of aryl methyl sites for hydroxylation is 2. The maximum atomic E-state index is 12.3. The van der Waals surface area contributed by atoms with Crippen LogP contribution in [0, 0.1) is 0 Å². The van der Waals surface area contributed by atoms with Crippen LogP contribution in [0.3, 0.4) is 0 Å². The number of fused-ring (bicyclic) bond motifs is 2. The van der Waals surface area contributed by atoms with Crippen LogP contribution < -0.4 is 0 Å². The molecule has 4 atom stereocenters. The van der Waals surface area contributed by atoms with Crippen molar-refractivity contribution in [2.45, 2.75) is 50.1 Å². The first-order valence-electron chi connectivity index (χ1n) is 9.47. The van der Waals surface area contributed by atoms with Crippen LogP contribution in [0.5, 0.6) is 0 Å². The van der Waals surface area contributed by atoms with Crippen molar-refractivity contribution in [3.05, 3.63) is 70.8 Å². The summed E-state index contributed by atoms with van der Waals surface area (Å²) in [5.74, 6) is -2.06. The topological polar surface area (TPSA) is 93.1 Å². The van der Waals surface area contributed by atoms with E-state index < -0.39 is 36.4 Å². The number of ether oxygens (including phenoxy) is 2. The lowest BCUT2D eigenvalue weighted by molar-refractivity contribution is -0.179. The molecule has 146 valence electrons. The van der Waals surface area contributed by atoms with E-state index in [1.54, 1.807) is 0 Å². The fourth-order valence-corrected chi connectivity index (χ4v) is 3.96.